The number of rotatable bonds is 4. The van der Waals surface area contributed by atoms with Gasteiger partial charge in [-0.25, -0.2) is 0 Å². The van der Waals surface area contributed by atoms with E-state index in [1.165, 1.54) is 38.9 Å². The van der Waals surface area contributed by atoms with E-state index < -0.39 is 0 Å². The number of hydrogen-bond acceptors (Lipinski definition) is 2. The molecule has 0 aliphatic carbocycles. The van der Waals surface area contributed by atoms with E-state index in [2.05, 4.69) is 25.7 Å². The summed E-state index contributed by atoms with van der Waals surface area (Å²) in [5.41, 5.74) is 5.74. The van der Waals surface area contributed by atoms with Gasteiger partial charge >= 0.3 is 0 Å². The van der Waals surface area contributed by atoms with Gasteiger partial charge in [-0.1, -0.05) is 13.8 Å². The Kier molecular flexibility index (Phi) is 4.90. The van der Waals surface area contributed by atoms with Gasteiger partial charge in [-0.3, -0.25) is 0 Å². The van der Waals surface area contributed by atoms with Gasteiger partial charge in [0.1, 0.15) is 0 Å². The minimum absolute atomic E-state index is 0.371. The Morgan fingerprint density at radius 1 is 1.36 bits per heavy atom. The molecule has 2 N–H and O–H groups in total. The molecule has 1 heterocycles. The zero-order valence-electron chi connectivity index (χ0n) is 10.00. The molecule has 2 heteroatoms. The maximum atomic E-state index is 5.74. The Morgan fingerprint density at radius 3 is 2.64 bits per heavy atom. The van der Waals surface area contributed by atoms with Gasteiger partial charge in [0, 0.05) is 12.6 Å². The average molecular weight is 198 g/mol. The fourth-order valence-electron chi connectivity index (χ4n) is 2.19. The molecule has 0 saturated carbocycles. The fourth-order valence-corrected chi connectivity index (χ4v) is 2.19. The second kappa shape index (κ2) is 5.72. The van der Waals surface area contributed by atoms with Crippen LogP contribution in [0.25, 0.3) is 0 Å². The number of nitrogens with zero attached hydrogens (tertiary/aromatic N) is 1. The molecular weight excluding hydrogens is 172 g/mol. The summed E-state index contributed by atoms with van der Waals surface area (Å²) in [6.07, 6.45) is 3.80. The maximum absolute atomic E-state index is 5.74. The van der Waals surface area contributed by atoms with Gasteiger partial charge in [0.2, 0.25) is 0 Å². The molecule has 1 fully saturated rings. The van der Waals surface area contributed by atoms with Crippen LogP contribution in [0.1, 0.15) is 40.0 Å². The highest BCUT2D eigenvalue weighted by Gasteiger charge is 2.21. The second-order valence-electron chi connectivity index (χ2n) is 5.16. The lowest BCUT2D eigenvalue weighted by molar-refractivity contribution is 0.136. The van der Waals surface area contributed by atoms with E-state index in [9.17, 15) is 0 Å². The molecule has 1 saturated heterocycles. The third kappa shape index (κ3) is 3.97. The van der Waals surface area contributed by atoms with Crippen LogP contribution in [0.3, 0.4) is 0 Å². The van der Waals surface area contributed by atoms with Gasteiger partial charge in [0.25, 0.3) is 0 Å². The monoisotopic (exact) mass is 198 g/mol. The first-order chi connectivity index (χ1) is 6.59. The van der Waals surface area contributed by atoms with Crippen LogP contribution in [0.15, 0.2) is 0 Å². The number of likely N-dealkylation sites (tertiary alicyclic amines) is 1. The lowest BCUT2D eigenvalue weighted by Crippen LogP contribution is -2.39. The van der Waals surface area contributed by atoms with Crippen molar-refractivity contribution in [2.24, 2.45) is 17.6 Å². The third-order valence-electron chi connectivity index (χ3n) is 3.55. The summed E-state index contributed by atoms with van der Waals surface area (Å²) in [5, 5.41) is 0. The van der Waals surface area contributed by atoms with Gasteiger partial charge in [0.15, 0.2) is 0 Å². The first-order valence-corrected chi connectivity index (χ1v) is 6.07. The molecule has 0 bridgehead atoms. The van der Waals surface area contributed by atoms with Crippen molar-refractivity contribution in [1.29, 1.82) is 0 Å². The maximum Gasteiger partial charge on any atom is 0.00109 e. The second-order valence-corrected chi connectivity index (χ2v) is 5.16. The Hall–Kier alpha value is -0.0800. The van der Waals surface area contributed by atoms with Crippen LogP contribution in [-0.2, 0) is 0 Å². The predicted octanol–water partition coefficient (Wildman–Crippen LogP) is 2.09. The van der Waals surface area contributed by atoms with Crippen LogP contribution < -0.4 is 5.73 Å². The van der Waals surface area contributed by atoms with E-state index in [0.717, 1.165) is 11.8 Å². The van der Waals surface area contributed by atoms with Crippen LogP contribution in [-0.4, -0.2) is 30.6 Å². The highest BCUT2D eigenvalue weighted by atomic mass is 15.1. The molecule has 84 valence electrons. The van der Waals surface area contributed by atoms with E-state index in [1.807, 2.05) is 0 Å². The third-order valence-corrected chi connectivity index (χ3v) is 3.55. The van der Waals surface area contributed by atoms with Gasteiger partial charge in [-0.05, 0) is 51.1 Å². The van der Waals surface area contributed by atoms with Crippen molar-refractivity contribution in [1.82, 2.24) is 4.90 Å². The van der Waals surface area contributed by atoms with E-state index in [1.54, 1.807) is 0 Å². The summed E-state index contributed by atoms with van der Waals surface area (Å²) in [7, 11) is 0. The zero-order chi connectivity index (χ0) is 10.6. The van der Waals surface area contributed by atoms with Crippen molar-refractivity contribution < 1.29 is 0 Å². The van der Waals surface area contributed by atoms with Crippen LogP contribution >= 0.6 is 0 Å². The molecule has 1 rings (SSSR count). The van der Waals surface area contributed by atoms with Crippen LogP contribution in [0, 0.1) is 11.8 Å². The summed E-state index contributed by atoms with van der Waals surface area (Å²) in [6, 6.07) is 0.371. The van der Waals surface area contributed by atoms with Crippen molar-refractivity contribution in [3.8, 4) is 0 Å². The van der Waals surface area contributed by atoms with Crippen molar-refractivity contribution in [3.63, 3.8) is 0 Å². The lowest BCUT2D eigenvalue weighted by Gasteiger charge is -2.35. The zero-order valence-corrected chi connectivity index (χ0v) is 10.00. The summed E-state index contributed by atoms with van der Waals surface area (Å²) >= 11 is 0. The summed E-state index contributed by atoms with van der Waals surface area (Å²) in [4.78, 5) is 2.60. The largest absolute Gasteiger partial charge is 0.328 e. The fraction of sp³-hybridized carbons (Fsp3) is 1.00. The smallest absolute Gasteiger partial charge is 0.00109 e. The van der Waals surface area contributed by atoms with Crippen molar-refractivity contribution >= 4 is 0 Å². The summed E-state index contributed by atoms with van der Waals surface area (Å²) in [5.74, 6) is 1.79. The first-order valence-electron chi connectivity index (χ1n) is 6.07. The molecule has 0 aromatic heterocycles. The van der Waals surface area contributed by atoms with Gasteiger partial charge in [-0.15, -0.1) is 0 Å². The number of nitrogens with two attached hydrogens (primary N) is 1. The number of piperidine rings is 1. The quantitative estimate of drug-likeness (QED) is 0.749. The highest BCUT2D eigenvalue weighted by Crippen LogP contribution is 2.22. The predicted molar refractivity (Wildman–Crippen MR) is 62.3 cm³/mol. The van der Waals surface area contributed by atoms with E-state index in [0.29, 0.717) is 6.04 Å². The Balaban J connectivity index is 2.13. The SMILES string of the molecule is CC(N)CCCN1CCC(C)C(C)C1. The molecule has 2 nitrogen and oxygen atoms in total. The summed E-state index contributed by atoms with van der Waals surface area (Å²) < 4.78 is 0. The van der Waals surface area contributed by atoms with E-state index in [-0.39, 0.29) is 0 Å². The molecular formula is C12H26N2. The van der Waals surface area contributed by atoms with E-state index >= 15 is 0 Å². The molecule has 0 spiro atoms. The van der Waals surface area contributed by atoms with Crippen LogP contribution in [0.2, 0.25) is 0 Å². The molecule has 1 aliphatic heterocycles. The number of hydrogen-bond donors (Lipinski definition) is 1. The Labute approximate surface area is 88.8 Å². The Morgan fingerprint density at radius 2 is 2.07 bits per heavy atom. The normalized spacial score (nSPS) is 31.7. The van der Waals surface area contributed by atoms with E-state index in [4.69, 9.17) is 5.73 Å². The lowest BCUT2D eigenvalue weighted by atomic mass is 9.88. The van der Waals surface area contributed by atoms with Gasteiger partial charge in [0.05, 0.1) is 0 Å². The molecule has 3 atom stereocenters. The van der Waals surface area contributed by atoms with Crippen LogP contribution in [0.4, 0.5) is 0 Å². The Bertz CT molecular complexity index is 156. The minimum Gasteiger partial charge on any atom is -0.328 e. The molecule has 0 aromatic carbocycles. The standard InChI is InChI=1S/C12H26N2/c1-10-6-8-14(9-11(10)2)7-4-5-12(3)13/h10-12H,4-9,13H2,1-3H3. The van der Waals surface area contributed by atoms with Crippen molar-refractivity contribution in [2.75, 3.05) is 19.6 Å². The molecule has 14 heavy (non-hydrogen) atoms. The first kappa shape index (κ1) is 12.0. The van der Waals surface area contributed by atoms with Gasteiger partial charge in [-0.2, -0.15) is 0 Å². The molecule has 1 aliphatic rings. The van der Waals surface area contributed by atoms with Crippen LogP contribution in [0.5, 0.6) is 0 Å². The highest BCUT2D eigenvalue weighted by molar-refractivity contribution is 4.75. The van der Waals surface area contributed by atoms with Crippen molar-refractivity contribution in [3.05, 3.63) is 0 Å². The molecule has 3 unspecified atom stereocenters. The topological polar surface area (TPSA) is 29.3 Å². The molecule has 0 radical (unpaired) electrons. The molecule has 0 amide bonds. The average Bonchev–Trinajstić information content (AvgIpc) is 2.10. The minimum atomic E-state index is 0.371. The van der Waals surface area contributed by atoms with Gasteiger partial charge < -0.3 is 10.6 Å². The summed E-state index contributed by atoms with van der Waals surface area (Å²) in [6.45, 7) is 10.7. The molecule has 0 aromatic rings. The van der Waals surface area contributed by atoms with Crippen molar-refractivity contribution in [2.45, 2.75) is 46.1 Å².